The number of carbonyl (C=O) groups is 1. The number of nitrogens with one attached hydrogen (secondary N) is 1. The fourth-order valence-corrected chi connectivity index (χ4v) is 0.783. The second-order valence-corrected chi connectivity index (χ2v) is 3.08. The number of carbonyl (C=O) groups excluding carboxylic acids is 1. The third kappa shape index (κ3) is 7.49. The van der Waals surface area contributed by atoms with E-state index in [0.29, 0.717) is 0 Å². The topological polar surface area (TPSA) is 58.6 Å². The van der Waals surface area contributed by atoms with Crippen molar-refractivity contribution in [3.8, 4) is 0 Å². The van der Waals surface area contributed by atoms with Crippen LogP contribution in [-0.4, -0.2) is 37.4 Å². The Morgan fingerprint density at radius 2 is 2.23 bits per heavy atom. The van der Waals surface area contributed by atoms with E-state index in [1.54, 1.807) is 0 Å². The van der Waals surface area contributed by atoms with Gasteiger partial charge < -0.3 is 15.2 Å². The zero-order valence-corrected chi connectivity index (χ0v) is 8.33. The SMILES string of the molecule is COCC(O)CNC(=O)C=C(C)C. The molecule has 0 aromatic heterocycles. The van der Waals surface area contributed by atoms with Crippen molar-refractivity contribution in [1.82, 2.24) is 5.32 Å². The van der Waals surface area contributed by atoms with Crippen molar-refractivity contribution in [2.24, 2.45) is 0 Å². The van der Waals surface area contributed by atoms with Gasteiger partial charge in [0.25, 0.3) is 0 Å². The Balaban J connectivity index is 3.64. The maximum atomic E-state index is 11.0. The van der Waals surface area contributed by atoms with E-state index >= 15 is 0 Å². The molecule has 0 rings (SSSR count). The van der Waals surface area contributed by atoms with E-state index in [4.69, 9.17) is 4.74 Å². The third-order valence-electron chi connectivity index (χ3n) is 1.29. The number of allylic oxidation sites excluding steroid dienone is 1. The van der Waals surface area contributed by atoms with Gasteiger partial charge in [0.1, 0.15) is 0 Å². The zero-order valence-electron chi connectivity index (χ0n) is 8.33. The van der Waals surface area contributed by atoms with Crippen LogP contribution in [0.1, 0.15) is 13.8 Å². The molecule has 4 heteroatoms. The lowest BCUT2D eigenvalue weighted by Crippen LogP contribution is -2.33. The Bertz CT molecular complexity index is 185. The Morgan fingerprint density at radius 1 is 1.62 bits per heavy atom. The number of aliphatic hydroxyl groups is 1. The summed E-state index contributed by atoms with van der Waals surface area (Å²) in [5.74, 6) is -0.185. The number of hydrogen-bond donors (Lipinski definition) is 2. The predicted molar refractivity (Wildman–Crippen MR) is 50.3 cm³/mol. The minimum Gasteiger partial charge on any atom is -0.389 e. The summed E-state index contributed by atoms with van der Waals surface area (Å²) in [5.41, 5.74) is 0.929. The van der Waals surface area contributed by atoms with E-state index in [1.165, 1.54) is 13.2 Å². The van der Waals surface area contributed by atoms with Crippen molar-refractivity contribution >= 4 is 5.91 Å². The molecule has 0 aliphatic carbocycles. The summed E-state index contributed by atoms with van der Waals surface area (Å²) in [7, 11) is 1.50. The second-order valence-electron chi connectivity index (χ2n) is 3.08. The van der Waals surface area contributed by atoms with E-state index in [0.717, 1.165) is 5.57 Å². The number of methoxy groups -OCH3 is 1. The summed E-state index contributed by atoms with van der Waals surface area (Å²) in [6, 6.07) is 0. The summed E-state index contributed by atoms with van der Waals surface area (Å²) >= 11 is 0. The van der Waals surface area contributed by atoms with Crippen molar-refractivity contribution < 1.29 is 14.6 Å². The molecule has 0 aliphatic rings. The Hall–Kier alpha value is -0.870. The first-order valence-electron chi connectivity index (χ1n) is 4.16. The first-order chi connectivity index (χ1) is 6.06. The van der Waals surface area contributed by atoms with Crippen molar-refractivity contribution in [3.05, 3.63) is 11.6 Å². The average molecular weight is 187 g/mol. The largest absolute Gasteiger partial charge is 0.389 e. The van der Waals surface area contributed by atoms with E-state index in [2.05, 4.69) is 5.32 Å². The fourth-order valence-electron chi connectivity index (χ4n) is 0.783. The maximum Gasteiger partial charge on any atom is 0.244 e. The van der Waals surface area contributed by atoms with Crippen LogP contribution in [0.15, 0.2) is 11.6 Å². The van der Waals surface area contributed by atoms with Crippen molar-refractivity contribution in [2.45, 2.75) is 20.0 Å². The van der Waals surface area contributed by atoms with Crippen molar-refractivity contribution in [1.29, 1.82) is 0 Å². The van der Waals surface area contributed by atoms with E-state index in [-0.39, 0.29) is 19.1 Å². The quantitative estimate of drug-likeness (QED) is 0.599. The lowest BCUT2D eigenvalue weighted by atomic mass is 10.3. The van der Waals surface area contributed by atoms with Crippen LogP contribution in [0.4, 0.5) is 0 Å². The van der Waals surface area contributed by atoms with Crippen LogP contribution in [0.5, 0.6) is 0 Å². The van der Waals surface area contributed by atoms with Gasteiger partial charge in [-0.2, -0.15) is 0 Å². The highest BCUT2D eigenvalue weighted by Crippen LogP contribution is 1.88. The van der Waals surface area contributed by atoms with Crippen LogP contribution in [0.2, 0.25) is 0 Å². The first kappa shape index (κ1) is 12.1. The summed E-state index contributed by atoms with van der Waals surface area (Å²) in [6.07, 6.45) is 0.846. The monoisotopic (exact) mass is 187 g/mol. The van der Waals surface area contributed by atoms with Gasteiger partial charge in [-0.3, -0.25) is 4.79 Å². The van der Waals surface area contributed by atoms with Crippen LogP contribution < -0.4 is 5.32 Å². The molecule has 0 aliphatic heterocycles. The van der Waals surface area contributed by atoms with Gasteiger partial charge in [0.2, 0.25) is 5.91 Å². The molecule has 13 heavy (non-hydrogen) atoms. The fraction of sp³-hybridized carbons (Fsp3) is 0.667. The minimum atomic E-state index is -0.639. The summed E-state index contributed by atoms with van der Waals surface area (Å²) < 4.78 is 4.70. The molecule has 4 nitrogen and oxygen atoms in total. The minimum absolute atomic E-state index is 0.185. The second kappa shape index (κ2) is 6.62. The van der Waals surface area contributed by atoms with Crippen LogP contribution in [0, 0.1) is 0 Å². The average Bonchev–Trinajstić information content (AvgIpc) is 2.00. The highest BCUT2D eigenvalue weighted by Gasteiger charge is 2.03. The van der Waals surface area contributed by atoms with Gasteiger partial charge in [0.05, 0.1) is 12.7 Å². The Morgan fingerprint density at radius 3 is 2.69 bits per heavy atom. The highest BCUT2D eigenvalue weighted by atomic mass is 16.5. The van der Waals surface area contributed by atoms with Gasteiger partial charge in [-0.1, -0.05) is 5.57 Å². The molecular weight excluding hydrogens is 170 g/mol. The summed E-state index contributed by atoms with van der Waals surface area (Å²) in [5, 5.41) is 11.7. The third-order valence-corrected chi connectivity index (χ3v) is 1.29. The molecule has 0 heterocycles. The number of ether oxygens (including phenoxy) is 1. The van der Waals surface area contributed by atoms with Gasteiger partial charge >= 0.3 is 0 Å². The summed E-state index contributed by atoms with van der Waals surface area (Å²) in [4.78, 5) is 11.0. The van der Waals surface area contributed by atoms with E-state index in [1.807, 2.05) is 13.8 Å². The van der Waals surface area contributed by atoms with Crippen molar-refractivity contribution in [3.63, 3.8) is 0 Å². The zero-order chi connectivity index (χ0) is 10.3. The van der Waals surface area contributed by atoms with Gasteiger partial charge in [0.15, 0.2) is 0 Å². The molecule has 76 valence electrons. The molecule has 1 amide bonds. The van der Waals surface area contributed by atoms with Gasteiger partial charge in [-0.25, -0.2) is 0 Å². The Kier molecular flexibility index (Phi) is 6.18. The van der Waals surface area contributed by atoms with E-state index in [9.17, 15) is 9.90 Å². The molecule has 0 bridgehead atoms. The maximum absolute atomic E-state index is 11.0. The smallest absolute Gasteiger partial charge is 0.244 e. The lowest BCUT2D eigenvalue weighted by molar-refractivity contribution is -0.117. The molecule has 2 N–H and O–H groups in total. The molecule has 1 unspecified atom stereocenters. The summed E-state index contributed by atoms with van der Waals surface area (Å²) in [6.45, 7) is 4.13. The molecule has 0 saturated carbocycles. The number of hydrogen-bond acceptors (Lipinski definition) is 3. The first-order valence-corrected chi connectivity index (χ1v) is 4.16. The number of aliphatic hydroxyl groups excluding tert-OH is 1. The molecule has 0 fully saturated rings. The molecule has 0 aromatic rings. The van der Waals surface area contributed by atoms with Crippen LogP contribution in [0.3, 0.4) is 0 Å². The standard InChI is InChI=1S/C9H17NO3/c1-7(2)4-9(12)10-5-8(11)6-13-3/h4,8,11H,5-6H2,1-3H3,(H,10,12). The molecular formula is C9H17NO3. The number of amides is 1. The molecule has 0 aromatic carbocycles. The van der Waals surface area contributed by atoms with Crippen LogP contribution in [-0.2, 0) is 9.53 Å². The van der Waals surface area contributed by atoms with Gasteiger partial charge in [0, 0.05) is 19.7 Å². The highest BCUT2D eigenvalue weighted by molar-refractivity contribution is 5.87. The van der Waals surface area contributed by atoms with E-state index < -0.39 is 6.10 Å². The van der Waals surface area contributed by atoms with Crippen LogP contribution in [0.25, 0.3) is 0 Å². The van der Waals surface area contributed by atoms with Crippen molar-refractivity contribution in [2.75, 3.05) is 20.3 Å². The molecule has 0 spiro atoms. The van der Waals surface area contributed by atoms with Gasteiger partial charge in [-0.05, 0) is 13.8 Å². The normalized spacial score (nSPS) is 12.0. The lowest BCUT2D eigenvalue weighted by Gasteiger charge is -2.09. The molecule has 0 radical (unpaired) electrons. The number of rotatable bonds is 5. The predicted octanol–water partition coefficient (Wildman–Crippen LogP) is 0.0761. The Labute approximate surface area is 78.6 Å². The van der Waals surface area contributed by atoms with Crippen LogP contribution >= 0.6 is 0 Å². The van der Waals surface area contributed by atoms with Gasteiger partial charge in [-0.15, -0.1) is 0 Å². The molecule has 0 saturated heterocycles. The molecule has 1 atom stereocenters.